The maximum absolute atomic E-state index is 12.2. The van der Waals surface area contributed by atoms with Gasteiger partial charge in [-0.1, -0.05) is 12.1 Å². The first kappa shape index (κ1) is 17.9. The van der Waals surface area contributed by atoms with Crippen LogP contribution in [0.3, 0.4) is 0 Å². The average Bonchev–Trinajstić information content (AvgIpc) is 2.66. The Morgan fingerprint density at radius 1 is 1.12 bits per heavy atom. The standard InChI is InChI=1S/C20H23NO5/c1-13-4-6-16(18(10-13)23-3)26-12-20(22)21-14(2)15-5-7-17-19(11-15)25-9-8-24-17/h4-7,10-11,14H,8-9,12H2,1-3H3,(H,21,22). The van der Waals surface area contributed by atoms with Gasteiger partial charge in [0.25, 0.3) is 5.91 Å². The Morgan fingerprint density at radius 2 is 1.88 bits per heavy atom. The highest BCUT2D eigenvalue weighted by molar-refractivity contribution is 5.78. The molecular formula is C20H23NO5. The number of hydrogen-bond donors (Lipinski definition) is 1. The minimum atomic E-state index is -0.213. The molecule has 0 aromatic heterocycles. The molecule has 0 bridgehead atoms. The summed E-state index contributed by atoms with van der Waals surface area (Å²) < 4.78 is 22.0. The van der Waals surface area contributed by atoms with Crippen LogP contribution in [0.5, 0.6) is 23.0 Å². The summed E-state index contributed by atoms with van der Waals surface area (Å²) in [5.41, 5.74) is 2.00. The van der Waals surface area contributed by atoms with Crippen molar-refractivity contribution < 1.29 is 23.7 Å². The molecule has 6 nitrogen and oxygen atoms in total. The predicted octanol–water partition coefficient (Wildman–Crippen LogP) is 3.03. The zero-order valence-electron chi connectivity index (χ0n) is 15.2. The van der Waals surface area contributed by atoms with Crippen LogP contribution in [0.4, 0.5) is 0 Å². The lowest BCUT2D eigenvalue weighted by Gasteiger charge is -2.21. The Labute approximate surface area is 153 Å². The van der Waals surface area contributed by atoms with E-state index in [1.807, 2.05) is 44.2 Å². The lowest BCUT2D eigenvalue weighted by molar-refractivity contribution is -0.123. The van der Waals surface area contributed by atoms with Crippen molar-refractivity contribution in [1.29, 1.82) is 0 Å². The molecule has 2 aromatic rings. The maximum Gasteiger partial charge on any atom is 0.258 e. The van der Waals surface area contributed by atoms with E-state index in [-0.39, 0.29) is 18.6 Å². The largest absolute Gasteiger partial charge is 0.493 e. The van der Waals surface area contributed by atoms with Gasteiger partial charge in [-0.2, -0.15) is 0 Å². The van der Waals surface area contributed by atoms with Crippen molar-refractivity contribution in [1.82, 2.24) is 5.32 Å². The molecule has 1 aliphatic heterocycles. The molecule has 1 unspecified atom stereocenters. The van der Waals surface area contributed by atoms with E-state index in [1.54, 1.807) is 13.2 Å². The number of amides is 1. The first-order chi connectivity index (χ1) is 12.6. The monoisotopic (exact) mass is 357 g/mol. The SMILES string of the molecule is COc1cc(C)ccc1OCC(=O)NC(C)c1ccc2c(c1)OCCO2. The summed E-state index contributed by atoms with van der Waals surface area (Å²) in [4.78, 5) is 12.2. The second-order valence-corrected chi connectivity index (χ2v) is 6.14. The molecule has 26 heavy (non-hydrogen) atoms. The number of fused-ring (bicyclic) bond motifs is 1. The summed E-state index contributed by atoms with van der Waals surface area (Å²) in [6.07, 6.45) is 0. The molecule has 0 saturated heterocycles. The van der Waals surface area contributed by atoms with Crippen LogP contribution in [0.2, 0.25) is 0 Å². The molecule has 3 rings (SSSR count). The number of hydrogen-bond acceptors (Lipinski definition) is 5. The van der Waals surface area contributed by atoms with Crippen LogP contribution in [0.1, 0.15) is 24.1 Å². The number of methoxy groups -OCH3 is 1. The minimum absolute atomic E-state index is 0.0890. The molecule has 0 fully saturated rings. The van der Waals surface area contributed by atoms with E-state index in [0.29, 0.717) is 30.5 Å². The number of rotatable bonds is 6. The summed E-state index contributed by atoms with van der Waals surface area (Å²) >= 11 is 0. The lowest BCUT2D eigenvalue weighted by atomic mass is 10.1. The van der Waals surface area contributed by atoms with Crippen molar-refractivity contribution in [2.75, 3.05) is 26.9 Å². The number of nitrogens with one attached hydrogen (secondary N) is 1. The maximum atomic E-state index is 12.2. The van der Waals surface area contributed by atoms with E-state index in [2.05, 4.69) is 5.32 Å². The summed E-state index contributed by atoms with van der Waals surface area (Å²) in [6, 6.07) is 11.1. The van der Waals surface area contributed by atoms with Gasteiger partial charge in [0.1, 0.15) is 13.2 Å². The first-order valence-electron chi connectivity index (χ1n) is 8.53. The second-order valence-electron chi connectivity index (χ2n) is 6.14. The van der Waals surface area contributed by atoms with Crippen LogP contribution in [-0.2, 0) is 4.79 Å². The van der Waals surface area contributed by atoms with Crippen molar-refractivity contribution in [2.45, 2.75) is 19.9 Å². The van der Waals surface area contributed by atoms with Gasteiger partial charge in [-0.05, 0) is 49.2 Å². The van der Waals surface area contributed by atoms with Gasteiger partial charge in [-0.15, -0.1) is 0 Å². The first-order valence-corrected chi connectivity index (χ1v) is 8.53. The van der Waals surface area contributed by atoms with Gasteiger partial charge in [-0.25, -0.2) is 0 Å². The van der Waals surface area contributed by atoms with E-state index in [0.717, 1.165) is 16.9 Å². The normalized spacial score (nSPS) is 13.7. The number of benzene rings is 2. The smallest absolute Gasteiger partial charge is 0.258 e. The number of ether oxygens (including phenoxy) is 4. The Balaban J connectivity index is 1.58. The number of aryl methyl sites for hydroxylation is 1. The molecule has 0 aliphatic carbocycles. The highest BCUT2D eigenvalue weighted by Gasteiger charge is 2.16. The molecule has 6 heteroatoms. The second kappa shape index (κ2) is 7.99. The van der Waals surface area contributed by atoms with Gasteiger partial charge in [-0.3, -0.25) is 4.79 Å². The molecule has 0 radical (unpaired) electrons. The van der Waals surface area contributed by atoms with E-state index in [1.165, 1.54) is 0 Å². The van der Waals surface area contributed by atoms with E-state index < -0.39 is 0 Å². The topological polar surface area (TPSA) is 66.0 Å². The van der Waals surface area contributed by atoms with Crippen molar-refractivity contribution >= 4 is 5.91 Å². The molecule has 0 spiro atoms. The fourth-order valence-electron chi connectivity index (χ4n) is 2.73. The van der Waals surface area contributed by atoms with E-state index in [9.17, 15) is 4.79 Å². The van der Waals surface area contributed by atoms with Gasteiger partial charge >= 0.3 is 0 Å². The average molecular weight is 357 g/mol. The Bertz CT molecular complexity index is 790. The van der Waals surface area contributed by atoms with E-state index >= 15 is 0 Å². The zero-order chi connectivity index (χ0) is 18.5. The molecule has 1 heterocycles. The van der Waals surface area contributed by atoms with Crippen LogP contribution in [0, 0.1) is 6.92 Å². The molecule has 0 saturated carbocycles. The van der Waals surface area contributed by atoms with Crippen molar-refractivity contribution in [3.63, 3.8) is 0 Å². The summed E-state index contributed by atoms with van der Waals surface area (Å²) in [6.45, 7) is 4.87. The highest BCUT2D eigenvalue weighted by atomic mass is 16.6. The van der Waals surface area contributed by atoms with Crippen molar-refractivity contribution in [3.8, 4) is 23.0 Å². The fourth-order valence-corrected chi connectivity index (χ4v) is 2.73. The minimum Gasteiger partial charge on any atom is -0.493 e. The van der Waals surface area contributed by atoms with Gasteiger partial charge in [0.2, 0.25) is 0 Å². The van der Waals surface area contributed by atoms with Crippen molar-refractivity contribution in [3.05, 3.63) is 47.5 Å². The van der Waals surface area contributed by atoms with Gasteiger partial charge in [0, 0.05) is 0 Å². The summed E-state index contributed by atoms with van der Waals surface area (Å²) in [5, 5.41) is 2.92. The third-order valence-electron chi connectivity index (χ3n) is 4.12. The number of carbonyl (C=O) groups excluding carboxylic acids is 1. The Hall–Kier alpha value is -2.89. The zero-order valence-corrected chi connectivity index (χ0v) is 15.2. The summed E-state index contributed by atoms with van der Waals surface area (Å²) in [5.74, 6) is 2.37. The van der Waals surface area contributed by atoms with Crippen LogP contribution in [-0.4, -0.2) is 32.8 Å². The van der Waals surface area contributed by atoms with Crippen LogP contribution >= 0.6 is 0 Å². The van der Waals surface area contributed by atoms with Crippen LogP contribution in [0.15, 0.2) is 36.4 Å². The molecule has 1 N–H and O–H groups in total. The van der Waals surface area contributed by atoms with Gasteiger partial charge < -0.3 is 24.3 Å². The molecule has 1 aliphatic rings. The van der Waals surface area contributed by atoms with E-state index in [4.69, 9.17) is 18.9 Å². The molecular weight excluding hydrogens is 334 g/mol. The van der Waals surface area contributed by atoms with Gasteiger partial charge in [0.15, 0.2) is 29.6 Å². The third-order valence-corrected chi connectivity index (χ3v) is 4.12. The molecule has 138 valence electrons. The summed E-state index contributed by atoms with van der Waals surface area (Å²) in [7, 11) is 1.58. The van der Waals surface area contributed by atoms with Crippen LogP contribution in [0.25, 0.3) is 0 Å². The van der Waals surface area contributed by atoms with Gasteiger partial charge in [0.05, 0.1) is 13.2 Å². The van der Waals surface area contributed by atoms with Crippen molar-refractivity contribution in [2.24, 2.45) is 0 Å². The molecule has 2 aromatic carbocycles. The third kappa shape index (κ3) is 4.20. The predicted molar refractivity (Wildman–Crippen MR) is 97.2 cm³/mol. The molecule has 1 atom stereocenters. The highest BCUT2D eigenvalue weighted by Crippen LogP contribution is 2.32. The Morgan fingerprint density at radius 3 is 2.65 bits per heavy atom. The Kier molecular flexibility index (Phi) is 5.51. The fraction of sp³-hybridized carbons (Fsp3) is 0.350. The van der Waals surface area contributed by atoms with Crippen LogP contribution < -0.4 is 24.3 Å². The quantitative estimate of drug-likeness (QED) is 0.861. The number of carbonyl (C=O) groups is 1. The molecule has 1 amide bonds. The lowest BCUT2D eigenvalue weighted by Crippen LogP contribution is -2.31.